The van der Waals surface area contributed by atoms with Crippen LogP contribution in [0.25, 0.3) is 6.08 Å². The SMILES string of the molecule is COc1cc(C=C(C#N)C(=O)Nc2ccc(Cl)cc2)cc(OC)c1OC. The predicted octanol–water partition coefficient (Wildman–Crippen LogP) is 3.91. The van der Waals surface area contributed by atoms with E-state index in [1.54, 1.807) is 36.4 Å². The molecule has 0 atom stereocenters. The molecule has 1 amide bonds. The Morgan fingerprint density at radius 3 is 2.12 bits per heavy atom. The van der Waals surface area contributed by atoms with Gasteiger partial charge in [-0.15, -0.1) is 0 Å². The number of carbonyl (C=O) groups excluding carboxylic acids is 1. The van der Waals surface area contributed by atoms with Crippen molar-refractivity contribution in [1.82, 2.24) is 0 Å². The van der Waals surface area contributed by atoms with Crippen LogP contribution in [0.3, 0.4) is 0 Å². The van der Waals surface area contributed by atoms with Crippen LogP contribution < -0.4 is 19.5 Å². The lowest BCUT2D eigenvalue weighted by Gasteiger charge is -2.13. The van der Waals surface area contributed by atoms with E-state index in [1.807, 2.05) is 6.07 Å². The van der Waals surface area contributed by atoms with Crippen LogP contribution in [0.2, 0.25) is 5.02 Å². The van der Waals surface area contributed by atoms with Gasteiger partial charge in [-0.1, -0.05) is 11.6 Å². The van der Waals surface area contributed by atoms with Gasteiger partial charge in [0.1, 0.15) is 11.6 Å². The van der Waals surface area contributed by atoms with E-state index in [0.29, 0.717) is 33.5 Å². The molecule has 0 aromatic heterocycles. The molecule has 26 heavy (non-hydrogen) atoms. The average Bonchev–Trinajstić information content (AvgIpc) is 2.66. The molecule has 7 heteroatoms. The van der Waals surface area contributed by atoms with Gasteiger partial charge in [0.25, 0.3) is 5.91 Å². The van der Waals surface area contributed by atoms with Crippen molar-refractivity contribution in [1.29, 1.82) is 5.26 Å². The van der Waals surface area contributed by atoms with Crippen LogP contribution in [0.1, 0.15) is 5.56 Å². The maximum Gasteiger partial charge on any atom is 0.266 e. The first-order valence-electron chi connectivity index (χ1n) is 7.51. The molecule has 0 aliphatic heterocycles. The second-order valence-corrected chi connectivity index (χ2v) is 5.53. The lowest BCUT2D eigenvalue weighted by molar-refractivity contribution is -0.112. The van der Waals surface area contributed by atoms with E-state index in [-0.39, 0.29) is 5.57 Å². The monoisotopic (exact) mass is 372 g/mol. The number of ether oxygens (including phenoxy) is 3. The standard InChI is InChI=1S/C19H17ClN2O4/c1-24-16-9-12(10-17(25-2)18(16)26-3)8-13(11-21)19(23)22-15-6-4-14(20)5-7-15/h4-10H,1-3H3,(H,22,23). The number of anilines is 1. The molecular weight excluding hydrogens is 356 g/mol. The highest BCUT2D eigenvalue weighted by molar-refractivity contribution is 6.30. The Hall–Kier alpha value is -3.17. The summed E-state index contributed by atoms with van der Waals surface area (Å²) in [6.45, 7) is 0. The van der Waals surface area contributed by atoms with Gasteiger partial charge < -0.3 is 19.5 Å². The molecule has 0 spiro atoms. The number of benzene rings is 2. The van der Waals surface area contributed by atoms with E-state index in [1.165, 1.54) is 27.4 Å². The van der Waals surface area contributed by atoms with Gasteiger partial charge in [-0.3, -0.25) is 4.79 Å². The van der Waals surface area contributed by atoms with Crippen molar-refractivity contribution in [2.24, 2.45) is 0 Å². The van der Waals surface area contributed by atoms with Gasteiger partial charge in [0.05, 0.1) is 21.3 Å². The van der Waals surface area contributed by atoms with Crippen LogP contribution in [0.5, 0.6) is 17.2 Å². The predicted molar refractivity (Wildman–Crippen MR) is 99.8 cm³/mol. The lowest BCUT2D eigenvalue weighted by atomic mass is 10.1. The zero-order valence-electron chi connectivity index (χ0n) is 14.5. The van der Waals surface area contributed by atoms with Gasteiger partial charge in [-0.05, 0) is 48.0 Å². The summed E-state index contributed by atoms with van der Waals surface area (Å²) in [5.41, 5.74) is 1.02. The highest BCUT2D eigenvalue weighted by Crippen LogP contribution is 2.38. The Morgan fingerprint density at radius 1 is 1.08 bits per heavy atom. The second kappa shape index (κ2) is 8.79. The third kappa shape index (κ3) is 4.47. The second-order valence-electron chi connectivity index (χ2n) is 5.09. The summed E-state index contributed by atoms with van der Waals surface area (Å²) in [4.78, 5) is 12.3. The van der Waals surface area contributed by atoms with E-state index in [9.17, 15) is 10.1 Å². The zero-order valence-corrected chi connectivity index (χ0v) is 15.3. The van der Waals surface area contributed by atoms with E-state index >= 15 is 0 Å². The summed E-state index contributed by atoms with van der Waals surface area (Å²) >= 11 is 5.82. The van der Waals surface area contributed by atoms with Crippen molar-refractivity contribution in [2.75, 3.05) is 26.6 Å². The molecule has 0 radical (unpaired) electrons. The van der Waals surface area contributed by atoms with Crippen molar-refractivity contribution in [3.8, 4) is 23.3 Å². The van der Waals surface area contributed by atoms with Gasteiger partial charge in [-0.25, -0.2) is 0 Å². The molecule has 0 bridgehead atoms. The van der Waals surface area contributed by atoms with E-state index < -0.39 is 5.91 Å². The number of nitrogens with zero attached hydrogens (tertiary/aromatic N) is 1. The fraction of sp³-hybridized carbons (Fsp3) is 0.158. The first kappa shape index (κ1) is 19.2. The van der Waals surface area contributed by atoms with Crippen molar-refractivity contribution in [3.05, 3.63) is 52.6 Å². The molecule has 2 rings (SSSR count). The molecule has 0 saturated carbocycles. The third-order valence-electron chi connectivity index (χ3n) is 3.47. The Bertz CT molecular complexity index is 845. The Morgan fingerprint density at radius 2 is 1.65 bits per heavy atom. The highest BCUT2D eigenvalue weighted by atomic mass is 35.5. The molecule has 0 unspecified atom stereocenters. The fourth-order valence-corrected chi connectivity index (χ4v) is 2.36. The Kier molecular flexibility index (Phi) is 6.48. The van der Waals surface area contributed by atoms with Gasteiger partial charge in [0.15, 0.2) is 11.5 Å². The number of methoxy groups -OCH3 is 3. The van der Waals surface area contributed by atoms with Crippen LogP contribution in [0.15, 0.2) is 42.0 Å². The van der Waals surface area contributed by atoms with Crippen LogP contribution in [-0.2, 0) is 4.79 Å². The maximum absolute atomic E-state index is 12.3. The Balaban J connectivity index is 2.34. The average molecular weight is 373 g/mol. The molecule has 0 fully saturated rings. The molecule has 1 N–H and O–H groups in total. The van der Waals surface area contributed by atoms with Crippen molar-refractivity contribution >= 4 is 29.3 Å². The quantitative estimate of drug-likeness (QED) is 0.614. The third-order valence-corrected chi connectivity index (χ3v) is 3.72. The maximum atomic E-state index is 12.3. The van der Waals surface area contributed by atoms with Crippen LogP contribution in [-0.4, -0.2) is 27.2 Å². The molecule has 0 saturated heterocycles. The first-order chi connectivity index (χ1) is 12.5. The topological polar surface area (TPSA) is 80.6 Å². The first-order valence-corrected chi connectivity index (χ1v) is 7.89. The molecule has 2 aromatic carbocycles. The summed E-state index contributed by atoms with van der Waals surface area (Å²) in [5.74, 6) is 0.738. The largest absolute Gasteiger partial charge is 0.493 e. The van der Waals surface area contributed by atoms with Gasteiger partial charge in [0.2, 0.25) is 5.75 Å². The highest BCUT2D eigenvalue weighted by Gasteiger charge is 2.15. The summed E-state index contributed by atoms with van der Waals surface area (Å²) in [5, 5.41) is 12.5. The van der Waals surface area contributed by atoms with Crippen LogP contribution in [0, 0.1) is 11.3 Å². The van der Waals surface area contributed by atoms with Gasteiger partial charge in [0, 0.05) is 10.7 Å². The number of hydrogen-bond acceptors (Lipinski definition) is 5. The summed E-state index contributed by atoms with van der Waals surface area (Å²) in [6.07, 6.45) is 1.44. The zero-order chi connectivity index (χ0) is 19.1. The minimum atomic E-state index is -0.538. The summed E-state index contributed by atoms with van der Waals surface area (Å²) < 4.78 is 15.8. The number of halogens is 1. The van der Waals surface area contributed by atoms with Gasteiger partial charge in [-0.2, -0.15) is 5.26 Å². The lowest BCUT2D eigenvalue weighted by Crippen LogP contribution is -2.13. The molecule has 2 aromatic rings. The number of rotatable bonds is 6. The van der Waals surface area contributed by atoms with E-state index in [2.05, 4.69) is 5.32 Å². The number of nitriles is 1. The van der Waals surface area contributed by atoms with Crippen LogP contribution in [0.4, 0.5) is 5.69 Å². The summed E-state index contributed by atoms with van der Waals surface area (Å²) in [6, 6.07) is 11.8. The molecule has 6 nitrogen and oxygen atoms in total. The van der Waals surface area contributed by atoms with Gasteiger partial charge >= 0.3 is 0 Å². The number of carbonyl (C=O) groups is 1. The molecular formula is C19H17ClN2O4. The number of amides is 1. The molecule has 0 aliphatic rings. The van der Waals surface area contributed by atoms with Crippen molar-refractivity contribution in [2.45, 2.75) is 0 Å². The van der Waals surface area contributed by atoms with Crippen molar-refractivity contribution in [3.63, 3.8) is 0 Å². The van der Waals surface area contributed by atoms with E-state index in [0.717, 1.165) is 0 Å². The van der Waals surface area contributed by atoms with Crippen molar-refractivity contribution < 1.29 is 19.0 Å². The molecule has 0 heterocycles. The summed E-state index contributed by atoms with van der Waals surface area (Å²) in [7, 11) is 4.47. The van der Waals surface area contributed by atoms with E-state index in [4.69, 9.17) is 25.8 Å². The fourth-order valence-electron chi connectivity index (χ4n) is 2.23. The van der Waals surface area contributed by atoms with Crippen LogP contribution >= 0.6 is 11.6 Å². The molecule has 0 aliphatic carbocycles. The number of hydrogen-bond donors (Lipinski definition) is 1. The smallest absolute Gasteiger partial charge is 0.266 e. The minimum Gasteiger partial charge on any atom is -0.493 e. The normalized spacial score (nSPS) is 10.7. The molecule has 134 valence electrons. The number of nitrogens with one attached hydrogen (secondary N) is 1. The minimum absolute atomic E-state index is 0.0748. The Labute approximate surface area is 156 Å².